The molecule has 0 aliphatic heterocycles. The van der Waals surface area contributed by atoms with Gasteiger partial charge in [-0.2, -0.15) is 0 Å². The number of carbonyl (C=O) groups is 1. The molecule has 0 radical (unpaired) electrons. The maximum Gasteiger partial charge on any atom is 0.264 e. The number of rotatable bonds is 7. The molecule has 0 heterocycles. The molecule has 0 spiro atoms. The molecule has 1 N–H and O–H groups in total. The summed E-state index contributed by atoms with van der Waals surface area (Å²) in [7, 11) is -3.90. The van der Waals surface area contributed by atoms with Crippen LogP contribution in [0, 0.1) is 13.8 Å². The van der Waals surface area contributed by atoms with Crippen molar-refractivity contribution in [2.75, 3.05) is 10.8 Å². The molecule has 0 aliphatic rings. The standard InChI is InChI=1S/C24H26N2O3S/c1-18-9-13-21(14-10-18)20(3)25-24(27)17-26(22-15-11-19(2)12-16-22)30(28,29)23-7-5-4-6-8-23/h4-16,20H,17H2,1-3H3,(H,25,27)/t20-/m1/s1. The largest absolute Gasteiger partial charge is 0.348 e. The SMILES string of the molecule is Cc1ccc([C@@H](C)NC(=O)CN(c2ccc(C)cc2)S(=O)(=O)c2ccccc2)cc1. The summed E-state index contributed by atoms with van der Waals surface area (Å²) in [6, 6.07) is 22.9. The summed E-state index contributed by atoms with van der Waals surface area (Å²) in [5, 5.41) is 2.91. The lowest BCUT2D eigenvalue weighted by Gasteiger charge is -2.25. The molecule has 5 nitrogen and oxygen atoms in total. The molecular formula is C24H26N2O3S. The van der Waals surface area contributed by atoms with E-state index < -0.39 is 10.0 Å². The number of hydrogen-bond acceptors (Lipinski definition) is 3. The van der Waals surface area contributed by atoms with Crippen LogP contribution in [-0.2, 0) is 14.8 Å². The van der Waals surface area contributed by atoms with Gasteiger partial charge in [-0.1, -0.05) is 65.7 Å². The summed E-state index contributed by atoms with van der Waals surface area (Å²) in [6.45, 7) is 5.50. The van der Waals surface area contributed by atoms with Crippen molar-refractivity contribution in [3.63, 3.8) is 0 Å². The van der Waals surface area contributed by atoms with E-state index in [0.29, 0.717) is 5.69 Å². The Bertz CT molecular complexity index is 1090. The molecule has 0 saturated heterocycles. The van der Waals surface area contributed by atoms with E-state index in [1.54, 1.807) is 30.3 Å². The normalized spacial score (nSPS) is 12.2. The number of sulfonamides is 1. The van der Waals surface area contributed by atoms with Gasteiger partial charge in [0.05, 0.1) is 16.6 Å². The fourth-order valence-corrected chi connectivity index (χ4v) is 4.54. The Balaban J connectivity index is 1.86. The highest BCUT2D eigenvalue weighted by molar-refractivity contribution is 7.92. The molecule has 0 aliphatic carbocycles. The second kappa shape index (κ2) is 9.13. The average molecular weight is 423 g/mol. The number of nitrogens with one attached hydrogen (secondary N) is 1. The number of nitrogens with zero attached hydrogens (tertiary/aromatic N) is 1. The first kappa shape index (κ1) is 21.6. The van der Waals surface area contributed by atoms with Crippen LogP contribution >= 0.6 is 0 Å². The summed E-state index contributed by atoms with van der Waals surface area (Å²) >= 11 is 0. The fourth-order valence-electron chi connectivity index (χ4n) is 3.10. The van der Waals surface area contributed by atoms with E-state index in [1.807, 2.05) is 57.2 Å². The van der Waals surface area contributed by atoms with Crippen molar-refractivity contribution >= 4 is 21.6 Å². The molecule has 0 fully saturated rings. The lowest BCUT2D eigenvalue weighted by Crippen LogP contribution is -2.41. The van der Waals surface area contributed by atoms with Crippen LogP contribution < -0.4 is 9.62 Å². The van der Waals surface area contributed by atoms with Gasteiger partial charge in [-0.15, -0.1) is 0 Å². The van der Waals surface area contributed by atoms with Gasteiger partial charge in [0.25, 0.3) is 10.0 Å². The molecule has 30 heavy (non-hydrogen) atoms. The van der Waals surface area contributed by atoms with Gasteiger partial charge in [0.15, 0.2) is 0 Å². The molecule has 0 aromatic heterocycles. The lowest BCUT2D eigenvalue weighted by atomic mass is 10.1. The fraction of sp³-hybridized carbons (Fsp3) is 0.208. The molecule has 1 atom stereocenters. The number of aryl methyl sites for hydroxylation is 2. The predicted octanol–water partition coefficient (Wildman–Crippen LogP) is 4.38. The highest BCUT2D eigenvalue weighted by atomic mass is 32.2. The Kier molecular flexibility index (Phi) is 6.57. The van der Waals surface area contributed by atoms with Crippen molar-refractivity contribution in [3.05, 3.63) is 95.6 Å². The van der Waals surface area contributed by atoms with Crippen molar-refractivity contribution in [3.8, 4) is 0 Å². The van der Waals surface area contributed by atoms with Gasteiger partial charge < -0.3 is 5.32 Å². The first-order valence-corrected chi connectivity index (χ1v) is 11.2. The number of amides is 1. The van der Waals surface area contributed by atoms with Gasteiger partial charge in [-0.05, 0) is 50.6 Å². The first-order chi connectivity index (χ1) is 14.3. The van der Waals surface area contributed by atoms with Crippen molar-refractivity contribution in [1.82, 2.24) is 5.32 Å². The van der Waals surface area contributed by atoms with E-state index in [0.717, 1.165) is 21.0 Å². The highest BCUT2D eigenvalue weighted by Gasteiger charge is 2.27. The molecular weight excluding hydrogens is 396 g/mol. The molecule has 6 heteroatoms. The molecule has 0 saturated carbocycles. The monoisotopic (exact) mass is 422 g/mol. The molecule has 1 amide bonds. The summed E-state index contributed by atoms with van der Waals surface area (Å²) in [6.07, 6.45) is 0. The molecule has 3 aromatic carbocycles. The zero-order valence-electron chi connectivity index (χ0n) is 17.4. The third-order valence-corrected chi connectivity index (χ3v) is 6.68. The van der Waals surface area contributed by atoms with E-state index >= 15 is 0 Å². The molecule has 156 valence electrons. The smallest absolute Gasteiger partial charge is 0.264 e. The second-order valence-electron chi connectivity index (χ2n) is 7.36. The number of carbonyl (C=O) groups excluding carboxylic acids is 1. The van der Waals surface area contributed by atoms with Gasteiger partial charge in [0.2, 0.25) is 5.91 Å². The molecule has 0 bridgehead atoms. The van der Waals surface area contributed by atoms with Gasteiger partial charge in [0.1, 0.15) is 6.54 Å². The predicted molar refractivity (Wildman–Crippen MR) is 120 cm³/mol. The maximum absolute atomic E-state index is 13.3. The summed E-state index contributed by atoms with van der Waals surface area (Å²) < 4.78 is 27.7. The van der Waals surface area contributed by atoms with Gasteiger partial charge in [0, 0.05) is 0 Å². The van der Waals surface area contributed by atoms with Crippen LogP contribution in [0.15, 0.2) is 83.8 Å². The Morgan fingerprint density at radius 1 is 0.867 bits per heavy atom. The lowest BCUT2D eigenvalue weighted by molar-refractivity contribution is -0.120. The average Bonchev–Trinajstić information content (AvgIpc) is 2.74. The van der Waals surface area contributed by atoms with Gasteiger partial charge >= 0.3 is 0 Å². The van der Waals surface area contributed by atoms with Crippen molar-refractivity contribution in [2.24, 2.45) is 0 Å². The van der Waals surface area contributed by atoms with Crippen LogP contribution in [0.4, 0.5) is 5.69 Å². The first-order valence-electron chi connectivity index (χ1n) is 9.78. The summed E-state index contributed by atoms with van der Waals surface area (Å²) in [5.74, 6) is -0.372. The van der Waals surface area contributed by atoms with Gasteiger partial charge in [-0.3, -0.25) is 9.10 Å². The van der Waals surface area contributed by atoms with Crippen LogP contribution in [0.25, 0.3) is 0 Å². The zero-order chi connectivity index (χ0) is 21.7. The topological polar surface area (TPSA) is 66.5 Å². The minimum absolute atomic E-state index is 0.143. The highest BCUT2D eigenvalue weighted by Crippen LogP contribution is 2.24. The maximum atomic E-state index is 13.3. The number of benzene rings is 3. The number of anilines is 1. The third-order valence-electron chi connectivity index (χ3n) is 4.90. The van der Waals surface area contributed by atoms with E-state index in [9.17, 15) is 13.2 Å². The van der Waals surface area contributed by atoms with E-state index in [1.165, 1.54) is 12.1 Å². The second-order valence-corrected chi connectivity index (χ2v) is 9.22. The Morgan fingerprint density at radius 2 is 1.40 bits per heavy atom. The van der Waals surface area contributed by atoms with Crippen molar-refractivity contribution in [2.45, 2.75) is 31.7 Å². The van der Waals surface area contributed by atoms with E-state index in [2.05, 4.69) is 5.32 Å². The van der Waals surface area contributed by atoms with Crippen molar-refractivity contribution in [1.29, 1.82) is 0 Å². The van der Waals surface area contributed by atoms with E-state index in [-0.39, 0.29) is 23.4 Å². The quantitative estimate of drug-likeness (QED) is 0.615. The number of hydrogen-bond donors (Lipinski definition) is 1. The Labute approximate surface area is 178 Å². The van der Waals surface area contributed by atoms with E-state index in [4.69, 9.17) is 0 Å². The Morgan fingerprint density at radius 3 is 1.97 bits per heavy atom. The van der Waals surface area contributed by atoms with Crippen molar-refractivity contribution < 1.29 is 13.2 Å². The molecule has 3 aromatic rings. The van der Waals surface area contributed by atoms with Crippen LogP contribution in [0.1, 0.15) is 29.7 Å². The van der Waals surface area contributed by atoms with Crippen LogP contribution in [0.3, 0.4) is 0 Å². The minimum atomic E-state index is -3.90. The molecule has 3 rings (SSSR count). The third kappa shape index (κ3) is 5.07. The van der Waals surface area contributed by atoms with Crippen LogP contribution in [0.2, 0.25) is 0 Å². The van der Waals surface area contributed by atoms with Crippen LogP contribution in [0.5, 0.6) is 0 Å². The molecule has 0 unspecified atom stereocenters. The zero-order valence-corrected chi connectivity index (χ0v) is 18.2. The minimum Gasteiger partial charge on any atom is -0.348 e. The van der Waals surface area contributed by atoms with Crippen LogP contribution in [-0.4, -0.2) is 20.9 Å². The Hall–Kier alpha value is -3.12. The summed E-state index contributed by atoms with van der Waals surface area (Å²) in [4.78, 5) is 12.9. The van der Waals surface area contributed by atoms with Gasteiger partial charge in [-0.25, -0.2) is 8.42 Å². The summed E-state index contributed by atoms with van der Waals surface area (Å²) in [5.41, 5.74) is 3.55.